The zero-order chi connectivity index (χ0) is 25.1. The van der Waals surface area contributed by atoms with Gasteiger partial charge in [-0.05, 0) is 68.7 Å². The van der Waals surface area contributed by atoms with E-state index in [1.54, 1.807) is 7.11 Å². The number of methoxy groups -OCH3 is 1. The van der Waals surface area contributed by atoms with Gasteiger partial charge in [0.15, 0.2) is 17.8 Å². The van der Waals surface area contributed by atoms with Crippen LogP contribution in [0, 0.1) is 11.8 Å². The minimum atomic E-state index is 0.453. The summed E-state index contributed by atoms with van der Waals surface area (Å²) in [4.78, 5) is 12.0. The first kappa shape index (κ1) is 29.0. The van der Waals surface area contributed by atoms with E-state index >= 15 is 0 Å². The fraction of sp³-hybridized carbons (Fsp3) is 0.607. The molecule has 0 aromatic heterocycles. The highest BCUT2D eigenvalue weighted by molar-refractivity contribution is 9.11. The average Bonchev–Trinajstić information content (AvgIpc) is 2.84. The van der Waals surface area contributed by atoms with Crippen LogP contribution in [0.5, 0.6) is 17.2 Å². The zero-order valence-corrected chi connectivity index (χ0v) is 24.5. The number of carbonyl (C=O) groups excluding carboxylic acids is 1. The number of hydrogen-bond acceptors (Lipinski definition) is 4. The molecule has 0 saturated heterocycles. The molecule has 0 aliphatic carbocycles. The Bertz CT molecular complexity index is 929. The molecular formula is C28H40Br2O4. The molecule has 2 aromatic carbocycles. The van der Waals surface area contributed by atoms with Crippen molar-refractivity contribution in [3.63, 3.8) is 0 Å². The maximum absolute atomic E-state index is 12.0. The van der Waals surface area contributed by atoms with E-state index in [-0.39, 0.29) is 0 Å². The Balaban J connectivity index is 2.53. The quantitative estimate of drug-likeness (QED) is 0.180. The van der Waals surface area contributed by atoms with Crippen LogP contribution in [0.15, 0.2) is 21.1 Å². The van der Waals surface area contributed by atoms with Gasteiger partial charge in [-0.15, -0.1) is 0 Å². The molecule has 2 rings (SSSR count). The lowest BCUT2D eigenvalue weighted by Crippen LogP contribution is -2.13. The van der Waals surface area contributed by atoms with E-state index in [2.05, 4.69) is 59.6 Å². The van der Waals surface area contributed by atoms with E-state index in [9.17, 15) is 4.79 Å². The van der Waals surface area contributed by atoms with Gasteiger partial charge in [-0.3, -0.25) is 4.79 Å². The number of hydrogen-bond donors (Lipinski definition) is 0. The number of benzene rings is 2. The van der Waals surface area contributed by atoms with Gasteiger partial charge in [-0.2, -0.15) is 0 Å². The lowest BCUT2D eigenvalue weighted by Gasteiger charge is -2.22. The summed E-state index contributed by atoms with van der Waals surface area (Å²) < 4.78 is 20.0. The predicted molar refractivity (Wildman–Crippen MR) is 149 cm³/mol. The number of unbranched alkanes of at least 4 members (excludes halogenated alkanes) is 2. The molecule has 0 N–H and O–H groups in total. The third-order valence-corrected chi connectivity index (χ3v) is 7.83. The molecule has 190 valence electrons. The second-order valence-electron chi connectivity index (χ2n) is 8.99. The van der Waals surface area contributed by atoms with Crippen molar-refractivity contribution in [3.8, 4) is 17.2 Å². The Kier molecular flexibility index (Phi) is 12.8. The molecule has 34 heavy (non-hydrogen) atoms. The number of ether oxygens (including phenoxy) is 3. The number of fused-ring (bicyclic) bond motifs is 1. The topological polar surface area (TPSA) is 44.8 Å². The van der Waals surface area contributed by atoms with E-state index in [4.69, 9.17) is 14.2 Å². The largest absolute Gasteiger partial charge is 0.492 e. The molecule has 2 unspecified atom stereocenters. The molecule has 0 aliphatic heterocycles. The van der Waals surface area contributed by atoms with E-state index in [1.807, 2.05) is 12.1 Å². The first-order valence-corrected chi connectivity index (χ1v) is 14.3. The molecular weight excluding hydrogens is 560 g/mol. The van der Waals surface area contributed by atoms with Crippen LogP contribution in [0.3, 0.4) is 0 Å². The van der Waals surface area contributed by atoms with Crippen molar-refractivity contribution in [2.24, 2.45) is 11.8 Å². The number of halogens is 2. The summed E-state index contributed by atoms with van der Waals surface area (Å²) >= 11 is 7.26. The molecule has 2 aromatic rings. The fourth-order valence-corrected chi connectivity index (χ4v) is 5.28. The summed E-state index contributed by atoms with van der Waals surface area (Å²) in [6.45, 7) is 10.0. The lowest BCUT2D eigenvalue weighted by molar-refractivity contribution is 0.111. The molecule has 0 saturated carbocycles. The van der Waals surface area contributed by atoms with Crippen LogP contribution < -0.4 is 14.2 Å². The van der Waals surface area contributed by atoms with E-state index in [0.29, 0.717) is 52.3 Å². The van der Waals surface area contributed by atoms with Gasteiger partial charge >= 0.3 is 0 Å². The summed E-state index contributed by atoms with van der Waals surface area (Å²) in [5.74, 6) is 2.87. The second kappa shape index (κ2) is 15.0. The molecule has 6 heteroatoms. The third kappa shape index (κ3) is 7.36. The smallest absolute Gasteiger partial charge is 0.175 e. The summed E-state index contributed by atoms with van der Waals surface area (Å²) in [7, 11) is 1.65. The maximum atomic E-state index is 12.0. The van der Waals surface area contributed by atoms with Crippen molar-refractivity contribution >= 4 is 48.9 Å². The Morgan fingerprint density at radius 2 is 1.29 bits per heavy atom. The van der Waals surface area contributed by atoms with Gasteiger partial charge in [0.25, 0.3) is 0 Å². The summed E-state index contributed by atoms with van der Waals surface area (Å²) in [6, 6.07) is 3.91. The number of aldehydes is 1. The van der Waals surface area contributed by atoms with Crippen molar-refractivity contribution in [1.82, 2.24) is 0 Å². The van der Waals surface area contributed by atoms with Gasteiger partial charge < -0.3 is 14.2 Å². The highest BCUT2D eigenvalue weighted by Gasteiger charge is 2.23. The standard InChI is InChI=1S/C28H40Br2O4/c1-6-10-12-19(8-3)17-33-26-21-15-25(30)28(32-5)27(22(21)14-24(29)23(26)16-31)34-18-20(9-4)13-11-7-2/h14-16,19-20H,6-13,17-18H2,1-5H3. The SMILES string of the molecule is CCCCC(CC)COc1c(C=O)c(Br)cc2c(OCC(CC)CCCC)c(OC)c(Br)cc12. The van der Waals surface area contributed by atoms with Crippen LogP contribution in [0.2, 0.25) is 0 Å². The first-order valence-electron chi connectivity index (χ1n) is 12.7. The van der Waals surface area contributed by atoms with Crippen LogP contribution in [0.25, 0.3) is 10.8 Å². The molecule has 2 atom stereocenters. The lowest BCUT2D eigenvalue weighted by atomic mass is 10.00. The summed E-state index contributed by atoms with van der Waals surface area (Å²) in [6.07, 6.45) is 9.96. The minimum Gasteiger partial charge on any atom is -0.492 e. The van der Waals surface area contributed by atoms with Gasteiger partial charge in [-0.1, -0.05) is 66.2 Å². The Hall–Kier alpha value is -1.27. The van der Waals surface area contributed by atoms with Gasteiger partial charge in [-0.25, -0.2) is 0 Å². The Morgan fingerprint density at radius 3 is 1.76 bits per heavy atom. The average molecular weight is 600 g/mol. The highest BCUT2D eigenvalue weighted by Crippen LogP contribution is 2.47. The van der Waals surface area contributed by atoms with Gasteiger partial charge in [0, 0.05) is 15.2 Å². The molecule has 0 bridgehead atoms. The molecule has 4 nitrogen and oxygen atoms in total. The van der Waals surface area contributed by atoms with E-state index in [0.717, 1.165) is 47.2 Å². The summed E-state index contributed by atoms with van der Waals surface area (Å²) in [5, 5.41) is 1.72. The monoisotopic (exact) mass is 598 g/mol. The van der Waals surface area contributed by atoms with Crippen LogP contribution in [0.4, 0.5) is 0 Å². The van der Waals surface area contributed by atoms with Crippen molar-refractivity contribution < 1.29 is 19.0 Å². The maximum Gasteiger partial charge on any atom is 0.175 e. The molecule has 0 heterocycles. The van der Waals surface area contributed by atoms with Gasteiger partial charge in [0.05, 0.1) is 30.4 Å². The van der Waals surface area contributed by atoms with Crippen LogP contribution >= 0.6 is 31.9 Å². The predicted octanol–water partition coefficient (Wildman–Crippen LogP) is 9.38. The Labute approximate surface area is 222 Å². The molecule has 0 spiro atoms. The van der Waals surface area contributed by atoms with Crippen molar-refractivity contribution in [3.05, 3.63) is 26.6 Å². The van der Waals surface area contributed by atoms with Crippen LogP contribution in [-0.2, 0) is 0 Å². The Morgan fingerprint density at radius 1 is 0.794 bits per heavy atom. The molecule has 0 aliphatic rings. The second-order valence-corrected chi connectivity index (χ2v) is 10.7. The number of rotatable bonds is 16. The van der Waals surface area contributed by atoms with Crippen molar-refractivity contribution in [2.75, 3.05) is 20.3 Å². The van der Waals surface area contributed by atoms with Gasteiger partial charge in [0.2, 0.25) is 0 Å². The third-order valence-electron chi connectivity index (χ3n) is 6.58. The van der Waals surface area contributed by atoms with Crippen LogP contribution in [-0.4, -0.2) is 26.6 Å². The first-order chi connectivity index (χ1) is 16.4. The van der Waals surface area contributed by atoms with Crippen molar-refractivity contribution in [1.29, 1.82) is 0 Å². The molecule has 0 amide bonds. The normalized spacial score (nSPS) is 13.0. The van der Waals surface area contributed by atoms with E-state index in [1.165, 1.54) is 25.7 Å². The number of carbonyl (C=O) groups is 1. The van der Waals surface area contributed by atoms with E-state index < -0.39 is 0 Å². The van der Waals surface area contributed by atoms with Crippen molar-refractivity contribution in [2.45, 2.75) is 79.1 Å². The fourth-order valence-electron chi connectivity index (χ4n) is 4.21. The van der Waals surface area contributed by atoms with Gasteiger partial charge in [0.1, 0.15) is 5.75 Å². The van der Waals surface area contributed by atoms with Crippen LogP contribution in [0.1, 0.15) is 89.4 Å². The molecule has 0 fully saturated rings. The zero-order valence-electron chi connectivity index (χ0n) is 21.3. The minimum absolute atomic E-state index is 0.453. The highest BCUT2D eigenvalue weighted by atomic mass is 79.9. The molecule has 0 radical (unpaired) electrons. The summed E-state index contributed by atoms with van der Waals surface area (Å²) in [5.41, 5.74) is 0.523.